The summed E-state index contributed by atoms with van der Waals surface area (Å²) in [5, 5.41) is 0. The zero-order valence-electron chi connectivity index (χ0n) is 20.7. The van der Waals surface area contributed by atoms with Crippen molar-refractivity contribution in [3.63, 3.8) is 0 Å². The fourth-order valence-electron chi connectivity index (χ4n) is 4.09. The number of unbranched alkanes of at least 4 members (excludes halogenated alkanes) is 5. The summed E-state index contributed by atoms with van der Waals surface area (Å²) < 4.78 is 54.3. The van der Waals surface area contributed by atoms with E-state index in [9.17, 15) is 12.6 Å². The van der Waals surface area contributed by atoms with Gasteiger partial charge in [0.1, 0.15) is 10.6 Å². The lowest BCUT2D eigenvalue weighted by Crippen LogP contribution is -2.29. The molecule has 0 heterocycles. The normalized spacial score (nSPS) is 13.8. The summed E-state index contributed by atoms with van der Waals surface area (Å²) in [5.41, 5.74) is 0.775. The predicted molar refractivity (Wildman–Crippen MR) is 133 cm³/mol. The zero-order chi connectivity index (χ0) is 24.4. The van der Waals surface area contributed by atoms with Crippen LogP contribution in [0.2, 0.25) is 0 Å². The third-order valence-electron chi connectivity index (χ3n) is 5.31. The fourth-order valence-corrected chi connectivity index (χ4v) is 5.70. The molecule has 0 amide bonds. The molecular weight excluding hydrogens is 446 g/mol. The third-order valence-corrected chi connectivity index (χ3v) is 7.35. The average Bonchev–Trinajstić information content (AvgIpc) is 2.65. The highest BCUT2D eigenvalue weighted by atomic mass is 32.2. The molecule has 1 rings (SSSR count). The Bertz CT molecular complexity index is 829. The van der Waals surface area contributed by atoms with Crippen molar-refractivity contribution in [1.82, 2.24) is 4.72 Å². The summed E-state index contributed by atoms with van der Waals surface area (Å²) in [5.74, 6) is 0.161. The van der Waals surface area contributed by atoms with Crippen LogP contribution in [0, 0.1) is 5.41 Å². The molecule has 6 nitrogen and oxygen atoms in total. The van der Waals surface area contributed by atoms with E-state index in [1.54, 1.807) is 12.1 Å². The number of hydrogen-bond donors (Lipinski definition) is 2. The molecule has 0 aromatic heterocycles. The van der Waals surface area contributed by atoms with E-state index in [4.69, 9.17) is 9.29 Å². The molecule has 0 saturated carbocycles. The van der Waals surface area contributed by atoms with Crippen LogP contribution in [0.1, 0.15) is 92.1 Å². The smallest absolute Gasteiger partial charge is 0.244 e. The minimum absolute atomic E-state index is 0.0823. The Hall–Kier alpha value is -0.960. The number of benzene rings is 1. The van der Waals surface area contributed by atoms with Crippen LogP contribution in [0.25, 0.3) is 0 Å². The van der Waals surface area contributed by atoms with E-state index in [0.29, 0.717) is 12.4 Å². The Morgan fingerprint density at radius 1 is 1.03 bits per heavy atom. The lowest BCUT2D eigenvalue weighted by molar-refractivity contribution is 0.281. The monoisotopic (exact) mass is 489 g/mol. The van der Waals surface area contributed by atoms with Gasteiger partial charge in [-0.2, -0.15) is 0 Å². The SMILES string of the molecule is CCCCCCCCOc1ccc(C(C)(C)CC(C)(C)C)cc1S(=O)(=O)NCCS(=O)O. The molecule has 1 unspecified atom stereocenters. The van der Waals surface area contributed by atoms with E-state index in [-0.39, 0.29) is 28.0 Å². The molecule has 8 heteroatoms. The van der Waals surface area contributed by atoms with E-state index in [0.717, 1.165) is 31.2 Å². The molecule has 1 aromatic rings. The topological polar surface area (TPSA) is 92.7 Å². The molecule has 1 atom stereocenters. The fraction of sp³-hybridized carbons (Fsp3) is 0.750. The molecular formula is C24H43NO5S2. The largest absolute Gasteiger partial charge is 0.492 e. The van der Waals surface area contributed by atoms with Crippen LogP contribution in [0.3, 0.4) is 0 Å². The summed E-state index contributed by atoms with van der Waals surface area (Å²) in [6.07, 6.45) is 7.61. The van der Waals surface area contributed by atoms with Gasteiger partial charge in [-0.05, 0) is 41.4 Å². The van der Waals surface area contributed by atoms with Crippen LogP contribution in [0.4, 0.5) is 0 Å². The van der Waals surface area contributed by atoms with Crippen molar-refractivity contribution in [2.75, 3.05) is 18.9 Å². The van der Waals surface area contributed by atoms with Gasteiger partial charge in [0.2, 0.25) is 10.0 Å². The quantitative estimate of drug-likeness (QED) is 0.246. The lowest BCUT2D eigenvalue weighted by Gasteiger charge is -2.33. The molecule has 0 aliphatic carbocycles. The standard InChI is InChI=1S/C24H43NO5S2/c1-7-8-9-10-11-12-16-30-21-14-13-20(24(5,6)19-23(2,3)4)18-22(21)32(28,29)25-15-17-31(26)27/h13-14,18,25H,7-12,15-17,19H2,1-6H3,(H,26,27). The van der Waals surface area contributed by atoms with Gasteiger partial charge in [0.05, 0.1) is 12.4 Å². The average molecular weight is 490 g/mol. The van der Waals surface area contributed by atoms with Gasteiger partial charge >= 0.3 is 0 Å². The molecule has 32 heavy (non-hydrogen) atoms. The Kier molecular flexibility index (Phi) is 11.9. The highest BCUT2D eigenvalue weighted by Crippen LogP contribution is 2.38. The minimum Gasteiger partial charge on any atom is -0.492 e. The zero-order valence-corrected chi connectivity index (χ0v) is 22.3. The van der Waals surface area contributed by atoms with Crippen LogP contribution in [0.15, 0.2) is 23.1 Å². The maximum absolute atomic E-state index is 13.0. The third kappa shape index (κ3) is 10.8. The highest BCUT2D eigenvalue weighted by Gasteiger charge is 2.30. The number of sulfonamides is 1. The van der Waals surface area contributed by atoms with Crippen molar-refractivity contribution in [3.05, 3.63) is 23.8 Å². The van der Waals surface area contributed by atoms with Crippen LogP contribution in [-0.2, 0) is 26.5 Å². The summed E-state index contributed by atoms with van der Waals surface area (Å²) in [6, 6.07) is 5.39. The maximum Gasteiger partial charge on any atom is 0.244 e. The Morgan fingerprint density at radius 2 is 1.66 bits per heavy atom. The van der Waals surface area contributed by atoms with E-state index < -0.39 is 21.1 Å². The number of hydrogen-bond acceptors (Lipinski definition) is 4. The van der Waals surface area contributed by atoms with Gasteiger partial charge < -0.3 is 9.29 Å². The molecule has 1 aromatic carbocycles. The first-order valence-corrected chi connectivity index (χ1v) is 14.4. The molecule has 0 saturated heterocycles. The molecule has 2 N–H and O–H groups in total. The maximum atomic E-state index is 13.0. The first kappa shape index (κ1) is 29.1. The summed E-state index contributed by atoms with van der Waals surface area (Å²) >= 11 is -2.06. The summed E-state index contributed by atoms with van der Waals surface area (Å²) in [6.45, 7) is 13.3. The molecule has 0 radical (unpaired) electrons. The van der Waals surface area contributed by atoms with Crippen molar-refractivity contribution >= 4 is 21.1 Å². The van der Waals surface area contributed by atoms with Crippen molar-refractivity contribution in [2.45, 2.75) is 96.8 Å². The second kappa shape index (κ2) is 13.1. The summed E-state index contributed by atoms with van der Waals surface area (Å²) in [4.78, 5) is 0.0895. The van der Waals surface area contributed by atoms with Gasteiger partial charge in [-0.25, -0.2) is 17.3 Å². The van der Waals surface area contributed by atoms with Gasteiger partial charge in [0, 0.05) is 6.54 Å². The van der Waals surface area contributed by atoms with Crippen molar-refractivity contribution < 1.29 is 21.9 Å². The molecule has 0 aliphatic rings. The highest BCUT2D eigenvalue weighted by molar-refractivity contribution is 7.89. The number of rotatable bonds is 15. The van der Waals surface area contributed by atoms with Crippen LogP contribution >= 0.6 is 0 Å². The van der Waals surface area contributed by atoms with E-state index in [2.05, 4.69) is 46.3 Å². The van der Waals surface area contributed by atoms with E-state index in [1.807, 2.05) is 6.07 Å². The van der Waals surface area contributed by atoms with Crippen LogP contribution in [0.5, 0.6) is 5.75 Å². The molecule has 186 valence electrons. The second-order valence-corrected chi connectivity index (χ2v) is 13.1. The van der Waals surface area contributed by atoms with Crippen molar-refractivity contribution in [3.8, 4) is 5.75 Å². The van der Waals surface area contributed by atoms with Crippen molar-refractivity contribution in [2.24, 2.45) is 5.41 Å². The second-order valence-electron chi connectivity index (χ2n) is 10.3. The lowest BCUT2D eigenvalue weighted by atomic mass is 9.72. The first-order valence-electron chi connectivity index (χ1n) is 11.6. The van der Waals surface area contributed by atoms with Crippen LogP contribution in [-0.4, -0.2) is 36.1 Å². The Morgan fingerprint density at radius 3 is 2.25 bits per heavy atom. The van der Waals surface area contributed by atoms with Crippen LogP contribution < -0.4 is 9.46 Å². The molecule has 0 fully saturated rings. The minimum atomic E-state index is -3.89. The summed E-state index contributed by atoms with van der Waals surface area (Å²) in [7, 11) is -3.89. The predicted octanol–water partition coefficient (Wildman–Crippen LogP) is 5.64. The van der Waals surface area contributed by atoms with Gasteiger partial charge in [-0.15, -0.1) is 0 Å². The Balaban J connectivity index is 3.08. The van der Waals surface area contributed by atoms with E-state index in [1.165, 1.54) is 19.3 Å². The van der Waals surface area contributed by atoms with Crippen molar-refractivity contribution in [1.29, 1.82) is 0 Å². The van der Waals surface area contributed by atoms with Gasteiger partial charge in [0.15, 0.2) is 11.1 Å². The first-order chi connectivity index (χ1) is 14.8. The van der Waals surface area contributed by atoms with Gasteiger partial charge in [-0.3, -0.25) is 0 Å². The molecule has 0 aliphatic heterocycles. The Labute approximate surface area is 198 Å². The van der Waals surface area contributed by atoms with Gasteiger partial charge in [0.25, 0.3) is 0 Å². The number of nitrogens with one attached hydrogen (secondary N) is 1. The molecule has 0 spiro atoms. The number of ether oxygens (including phenoxy) is 1. The van der Waals surface area contributed by atoms with Gasteiger partial charge in [-0.1, -0.05) is 79.7 Å². The molecule has 0 bridgehead atoms. The van der Waals surface area contributed by atoms with E-state index >= 15 is 0 Å².